The van der Waals surface area contributed by atoms with Gasteiger partial charge in [-0.2, -0.15) is 0 Å². The number of rotatable bonds is 18. The summed E-state index contributed by atoms with van der Waals surface area (Å²) in [5, 5.41) is 14.9. The predicted molar refractivity (Wildman–Crippen MR) is 595 cm³/mol. The molecule has 0 aliphatic carbocycles. The largest absolute Gasteiger partial charge is 0.311 e. The molecule has 0 aliphatic heterocycles. The highest BCUT2D eigenvalue weighted by Gasteiger charge is 2.25. The van der Waals surface area contributed by atoms with Crippen molar-refractivity contribution < 1.29 is 0 Å². The van der Waals surface area contributed by atoms with E-state index in [-0.39, 0.29) is 0 Å². The average Bonchev–Trinajstić information content (AvgIpc) is 1.39. The molecule has 0 saturated carbocycles. The van der Waals surface area contributed by atoms with E-state index in [1.807, 2.05) is 0 Å². The first-order valence-corrected chi connectivity index (χ1v) is 48.2. The Labute approximate surface area is 814 Å². The van der Waals surface area contributed by atoms with E-state index in [0.29, 0.717) is 0 Å². The third-order valence-electron chi connectivity index (χ3n) is 28.0. The number of anilines is 6. The van der Waals surface area contributed by atoms with Crippen molar-refractivity contribution in [2.45, 2.75) is 0 Å². The maximum Gasteiger partial charge on any atom is 0.0541 e. The highest BCUT2D eigenvalue weighted by Crippen LogP contribution is 2.50. The van der Waals surface area contributed by atoms with Crippen LogP contribution in [0.1, 0.15) is 0 Å². The normalized spacial score (nSPS) is 11.4. The topological polar surface area (TPSA) is 16.3 Å². The molecule has 0 unspecified atom stereocenters. The molecular weight excluding hydrogens is 1690 g/mol. The SMILES string of the molecule is c1ccc(-c2ccc(-c3ccc4c(c3)c3cc(-c5ccc(N(c6ccccc6)c6ccccc6)cc5)ccc3n4-c3ccc(-c4c5ccccc5c(-c5ccccc5)c5ccccc45)cc3)cc2)cc1.c1ccc(-c2ccccc2-c2ccc3c(c2)c2cc(-c4ccc(N(c5ccccc5)c5ccccc5)cc4)ccc2n3-c2ccc(-c3c4ccccc4c(-c4ccccc4)c4ccccc34)cc2)cc1. The lowest BCUT2D eigenvalue weighted by molar-refractivity contribution is 1.18. The van der Waals surface area contributed by atoms with Gasteiger partial charge in [-0.15, -0.1) is 0 Å². The van der Waals surface area contributed by atoms with Crippen LogP contribution in [0.5, 0.6) is 0 Å². The molecule has 0 amide bonds. The van der Waals surface area contributed by atoms with Crippen LogP contribution >= 0.6 is 0 Å². The van der Waals surface area contributed by atoms with E-state index < -0.39 is 0 Å². The van der Waals surface area contributed by atoms with Gasteiger partial charge < -0.3 is 18.9 Å². The Hall–Kier alpha value is -18.5. The highest BCUT2D eigenvalue weighted by atomic mass is 15.1. The van der Waals surface area contributed by atoms with Gasteiger partial charge in [-0.05, 0) is 300 Å². The highest BCUT2D eigenvalue weighted by molar-refractivity contribution is 6.24. The number of fused-ring (bicyclic) bond motifs is 10. The molecule has 0 atom stereocenters. The van der Waals surface area contributed by atoms with E-state index in [1.54, 1.807) is 0 Å². The molecule has 140 heavy (non-hydrogen) atoms. The van der Waals surface area contributed by atoms with E-state index in [0.717, 1.165) is 45.5 Å². The quantitative estimate of drug-likeness (QED) is 0.0796. The summed E-state index contributed by atoms with van der Waals surface area (Å²) in [7, 11) is 0. The number of para-hydroxylation sites is 4. The lowest BCUT2D eigenvalue weighted by Crippen LogP contribution is -2.09. The van der Waals surface area contributed by atoms with Gasteiger partial charge in [-0.3, -0.25) is 0 Å². The van der Waals surface area contributed by atoms with Gasteiger partial charge in [0.2, 0.25) is 0 Å². The molecular formula is C136H92N4. The van der Waals surface area contributed by atoms with E-state index in [1.165, 1.54) is 198 Å². The van der Waals surface area contributed by atoms with Gasteiger partial charge in [0.1, 0.15) is 0 Å². The van der Waals surface area contributed by atoms with E-state index in [2.05, 4.69) is 577 Å². The molecule has 0 bridgehead atoms. The number of hydrogen-bond acceptors (Lipinski definition) is 2. The molecule has 0 spiro atoms. The van der Waals surface area contributed by atoms with Crippen molar-refractivity contribution in [2.75, 3.05) is 9.80 Å². The standard InChI is InChI=1S/2C68H46N2/c1-5-17-47(18-6-1)48-29-31-49(32-30-48)53-37-43-65-63(45-53)64-46-54(50-33-39-57(40-34-50)69(55-21-9-3-10-22-55)56-23-11-4-12-24-56)38-44-66(64)70(65)58-41-35-52(36-42-58)68-61-27-15-13-25-59(61)67(51-19-7-2-8-20-51)60-26-14-16-28-62(60)68;1-5-19-48(20-6-1)57-27-13-14-28-58(57)52-38-44-66-64(46-52)63-45-51(47-33-39-55(40-34-47)69(53-23-9-3-10-24-53)54-25-11-4-12-26-54)37-43-65(63)70(66)56-41-35-50(36-42-56)68-61-31-17-15-29-59(61)67(49-21-7-2-8-22-49)60-30-16-18-32-62(60)68/h2*1-46H. The zero-order chi connectivity index (χ0) is 92.8. The predicted octanol–water partition coefficient (Wildman–Crippen LogP) is 37.8. The molecule has 0 aliphatic rings. The summed E-state index contributed by atoms with van der Waals surface area (Å²) in [5.41, 5.74) is 37.9. The van der Waals surface area contributed by atoms with Gasteiger partial charge in [0.25, 0.3) is 0 Å². The zero-order valence-corrected chi connectivity index (χ0v) is 76.9. The Bertz CT molecular complexity index is 8870. The van der Waals surface area contributed by atoms with E-state index in [4.69, 9.17) is 0 Å². The fourth-order valence-corrected chi connectivity index (χ4v) is 21.5. The Morgan fingerprint density at radius 3 is 0.579 bits per heavy atom. The average molecular weight is 1780 g/mol. The Balaban J connectivity index is 0.000000148. The summed E-state index contributed by atoms with van der Waals surface area (Å²) in [6.07, 6.45) is 0. The summed E-state index contributed by atoms with van der Waals surface area (Å²) in [6, 6.07) is 203. The summed E-state index contributed by atoms with van der Waals surface area (Å²) in [4.78, 5) is 4.62. The van der Waals surface area contributed by atoms with Crippen LogP contribution in [0.2, 0.25) is 0 Å². The monoisotopic (exact) mass is 1780 g/mol. The molecule has 4 heteroatoms. The summed E-state index contributed by atoms with van der Waals surface area (Å²) < 4.78 is 4.89. The second kappa shape index (κ2) is 36.4. The zero-order valence-electron chi connectivity index (χ0n) is 76.9. The maximum atomic E-state index is 2.44. The number of benzene rings is 24. The van der Waals surface area contributed by atoms with Crippen molar-refractivity contribution in [1.82, 2.24) is 9.13 Å². The molecule has 0 saturated heterocycles. The van der Waals surface area contributed by atoms with Crippen LogP contribution in [0.25, 0.3) is 209 Å². The molecule has 0 fully saturated rings. The van der Waals surface area contributed by atoms with E-state index >= 15 is 0 Å². The first-order valence-electron chi connectivity index (χ1n) is 48.2. The fraction of sp³-hybridized carbons (Fsp3) is 0. The number of hydrogen-bond donors (Lipinski definition) is 0. The van der Waals surface area contributed by atoms with E-state index in [9.17, 15) is 0 Å². The Kier molecular flexibility index (Phi) is 21.7. The summed E-state index contributed by atoms with van der Waals surface area (Å²) in [5.74, 6) is 0. The molecule has 2 aromatic heterocycles. The molecule has 2 heterocycles. The van der Waals surface area contributed by atoms with Gasteiger partial charge in [-0.25, -0.2) is 0 Å². The van der Waals surface area contributed by atoms with Crippen LogP contribution in [-0.4, -0.2) is 9.13 Å². The lowest BCUT2D eigenvalue weighted by Gasteiger charge is -2.25. The van der Waals surface area contributed by atoms with Crippen LogP contribution in [0.4, 0.5) is 34.1 Å². The second-order valence-electron chi connectivity index (χ2n) is 36.1. The molecule has 4 nitrogen and oxygen atoms in total. The van der Waals surface area contributed by atoms with Crippen molar-refractivity contribution in [3.05, 3.63) is 558 Å². The minimum atomic E-state index is 1.11. The van der Waals surface area contributed by atoms with Crippen molar-refractivity contribution in [3.63, 3.8) is 0 Å². The van der Waals surface area contributed by atoms with Gasteiger partial charge >= 0.3 is 0 Å². The molecule has 0 N–H and O–H groups in total. The maximum absolute atomic E-state index is 2.44. The number of nitrogens with zero attached hydrogens (tertiary/aromatic N) is 4. The van der Waals surface area contributed by atoms with Crippen molar-refractivity contribution in [1.29, 1.82) is 0 Å². The first kappa shape index (κ1) is 83.4. The van der Waals surface area contributed by atoms with Crippen LogP contribution in [-0.2, 0) is 0 Å². The second-order valence-corrected chi connectivity index (χ2v) is 36.1. The molecule has 26 rings (SSSR count). The third-order valence-corrected chi connectivity index (χ3v) is 28.0. The van der Waals surface area contributed by atoms with Gasteiger partial charge in [0.15, 0.2) is 0 Å². The number of aromatic nitrogens is 2. The van der Waals surface area contributed by atoms with Crippen molar-refractivity contribution in [3.8, 4) is 123 Å². The van der Waals surface area contributed by atoms with Crippen LogP contribution in [0, 0.1) is 0 Å². The summed E-state index contributed by atoms with van der Waals surface area (Å²) in [6.45, 7) is 0. The Morgan fingerprint density at radius 2 is 0.293 bits per heavy atom. The molecule has 0 radical (unpaired) electrons. The van der Waals surface area contributed by atoms with Crippen LogP contribution in [0.15, 0.2) is 558 Å². The fourth-order valence-electron chi connectivity index (χ4n) is 21.5. The van der Waals surface area contributed by atoms with Crippen LogP contribution in [0.3, 0.4) is 0 Å². The Morgan fingerprint density at radius 1 is 0.114 bits per heavy atom. The summed E-state index contributed by atoms with van der Waals surface area (Å²) >= 11 is 0. The molecule has 26 aromatic rings. The third kappa shape index (κ3) is 15.4. The minimum absolute atomic E-state index is 1.11. The first-order chi connectivity index (χ1) is 69.5. The lowest BCUT2D eigenvalue weighted by atomic mass is 9.86. The van der Waals surface area contributed by atoms with Gasteiger partial charge in [-0.1, -0.05) is 413 Å². The van der Waals surface area contributed by atoms with Gasteiger partial charge in [0.05, 0.1) is 22.1 Å². The van der Waals surface area contributed by atoms with Crippen molar-refractivity contribution >= 4 is 121 Å². The minimum Gasteiger partial charge on any atom is -0.311 e. The van der Waals surface area contributed by atoms with Crippen molar-refractivity contribution in [2.24, 2.45) is 0 Å². The van der Waals surface area contributed by atoms with Gasteiger partial charge in [0, 0.05) is 67.0 Å². The smallest absolute Gasteiger partial charge is 0.0541 e. The molecule has 656 valence electrons. The molecule has 24 aromatic carbocycles. The van der Waals surface area contributed by atoms with Crippen LogP contribution < -0.4 is 9.80 Å².